The molecule has 0 aromatic heterocycles. The molecule has 4 radical (unpaired) electrons. The zero-order chi connectivity index (χ0) is 2.71. The van der Waals surface area contributed by atoms with Crippen molar-refractivity contribution >= 4 is 96.2 Å². The van der Waals surface area contributed by atoms with Crippen LogP contribution >= 0.6 is 70.0 Å². The Kier molecular flexibility index (Phi) is 49.4. The summed E-state index contributed by atoms with van der Waals surface area (Å²) in [4.78, 5) is 0. The van der Waals surface area contributed by atoms with Crippen molar-refractivity contribution in [3.05, 3.63) is 0 Å². The van der Waals surface area contributed by atoms with E-state index >= 15 is 0 Å². The number of hydrogen-bond acceptors (Lipinski definition) is 1. The minimum absolute atomic E-state index is 0. The van der Waals surface area contributed by atoms with E-state index in [-0.39, 0.29) is 50.2 Å². The van der Waals surface area contributed by atoms with E-state index in [1.807, 2.05) is 0 Å². The Morgan fingerprint density at radius 1 is 1.20 bits per heavy atom. The van der Waals surface area contributed by atoms with E-state index in [4.69, 9.17) is 0 Å². The molecule has 0 aliphatic heterocycles. The minimum Gasteiger partial charge on any atom is -0.247 e. The van der Waals surface area contributed by atoms with Gasteiger partial charge in [-0.1, -0.05) is 0 Å². The van der Waals surface area contributed by atoms with Crippen molar-refractivity contribution in [2.75, 3.05) is 0 Å². The summed E-state index contributed by atoms with van der Waals surface area (Å²) in [7, 11) is 0. The topological polar surface area (TPSA) is 9.23 Å². The Balaban J connectivity index is -0.0000000200. The fourth-order valence-electron chi connectivity index (χ4n) is 0. The quantitative estimate of drug-likeness (QED) is 0.304. The van der Waals surface area contributed by atoms with Gasteiger partial charge in [0.05, 0.1) is 0 Å². The number of rotatable bonds is 0. The van der Waals surface area contributed by atoms with Gasteiger partial charge in [0.25, 0.3) is 0 Å². The van der Waals surface area contributed by atoms with Crippen LogP contribution in [0.25, 0.3) is 0 Å². The van der Waals surface area contributed by atoms with Crippen molar-refractivity contribution in [2.45, 2.75) is 0 Å². The van der Waals surface area contributed by atoms with E-state index in [0.29, 0.717) is 0 Å². The summed E-state index contributed by atoms with van der Waals surface area (Å²) < 4.78 is 4.19. The largest absolute Gasteiger partial charge is 0.247 e. The van der Waals surface area contributed by atoms with Crippen LogP contribution < -0.4 is 0 Å². The van der Waals surface area contributed by atoms with E-state index in [2.05, 4.69) is 1.40 Å². The molecule has 0 aliphatic carbocycles. The monoisotopic (exact) mass is 606 g/mol. The molecule has 5 heavy (non-hydrogen) atoms. The third kappa shape index (κ3) is 19.4. The van der Waals surface area contributed by atoms with Crippen molar-refractivity contribution in [1.82, 2.24) is 0 Å². The first-order valence-electron chi connectivity index (χ1n) is 0.309. The van der Waals surface area contributed by atoms with Crippen molar-refractivity contribution < 1.29 is 1.40 Å². The molecule has 1 nitrogen and oxygen atoms in total. The maximum Gasteiger partial charge on any atom is 0.124 e. The first-order valence-corrected chi connectivity index (χ1v) is 2.07. The molecular weight excluding hydrogens is 606 g/mol. The smallest absolute Gasteiger partial charge is 0.124 e. The van der Waals surface area contributed by atoms with Gasteiger partial charge in [0.1, 0.15) is 46.0 Å². The van der Waals surface area contributed by atoms with Crippen molar-refractivity contribution in [3.63, 3.8) is 0 Å². The molecule has 0 bridgehead atoms. The molecule has 0 spiro atoms. The molecule has 0 N–H and O–H groups in total. The summed E-state index contributed by atoms with van der Waals surface area (Å²) in [5, 5.41) is 0. The van der Waals surface area contributed by atoms with Crippen LogP contribution in [0.15, 0.2) is 0 Å². The summed E-state index contributed by atoms with van der Waals surface area (Å²) in [5.74, 6) is 0. The Morgan fingerprint density at radius 2 is 1.20 bits per heavy atom. The maximum absolute atomic E-state index is 4.19. The summed E-state index contributed by atoms with van der Waals surface area (Å²) in [5.41, 5.74) is 0. The molecule has 0 amide bonds. The van der Waals surface area contributed by atoms with E-state index in [1.165, 1.54) is 0 Å². The van der Waals surface area contributed by atoms with Gasteiger partial charge in [0.15, 0.2) is 0 Å². The minimum atomic E-state index is 0. The van der Waals surface area contributed by atoms with E-state index in [1.54, 1.807) is 46.0 Å². The predicted octanol–water partition coefficient (Wildman–Crippen LogP) is 2.21. The van der Waals surface area contributed by atoms with Crippen LogP contribution in [0, 0.1) is 0 Å². The van der Waals surface area contributed by atoms with E-state index < -0.39 is 0 Å². The third-order valence-electron chi connectivity index (χ3n) is 0. The fraction of sp³-hybridized carbons (Fsp3) is 0. The molecule has 0 aliphatic rings. The second kappa shape index (κ2) is 15.7. The van der Waals surface area contributed by atoms with Crippen molar-refractivity contribution in [2.24, 2.45) is 0 Å². The summed E-state index contributed by atoms with van der Waals surface area (Å²) in [6, 6.07) is 0. The van der Waals surface area contributed by atoms with Crippen LogP contribution in [0.3, 0.4) is 0 Å². The molecule has 0 atom stereocenters. The molecule has 0 heterocycles. The van der Waals surface area contributed by atoms with Crippen LogP contribution in [0.5, 0.6) is 0 Å². The van der Waals surface area contributed by atoms with E-state index in [9.17, 15) is 0 Å². The Morgan fingerprint density at radius 3 is 1.20 bits per heavy atom. The first-order chi connectivity index (χ1) is 1.41. The number of halogens is 3. The Hall–Kier alpha value is 3.03. The molecule has 32 valence electrons. The Bertz CT molecular complexity index is 6.85. The molecule has 0 aromatic carbocycles. The molecule has 0 rings (SSSR count). The third-order valence-corrected chi connectivity index (χ3v) is 0. The maximum atomic E-state index is 4.19. The average Bonchev–Trinajstić information content (AvgIpc) is 0.918. The summed E-state index contributed by atoms with van der Waals surface area (Å²) in [6.07, 6.45) is 0. The zero-order valence-corrected chi connectivity index (χ0v) is 11.9. The molecule has 5 heteroatoms. The molecular formula is BiI3O. The van der Waals surface area contributed by atoms with E-state index in [0.717, 1.165) is 0 Å². The SMILES string of the molecule is IOI.[Bi].[I]. The molecule has 0 aromatic rings. The summed E-state index contributed by atoms with van der Waals surface area (Å²) >= 11 is 3.55. The van der Waals surface area contributed by atoms with Crippen LogP contribution in [-0.2, 0) is 1.40 Å². The van der Waals surface area contributed by atoms with Gasteiger partial charge in [-0.15, -0.1) is 0 Å². The Labute approximate surface area is 95.5 Å². The van der Waals surface area contributed by atoms with Gasteiger partial charge in [-0.25, -0.2) is 1.40 Å². The second-order valence-electron chi connectivity index (χ2n) is 0.0583. The van der Waals surface area contributed by atoms with Gasteiger partial charge in [-0.2, -0.15) is 0 Å². The van der Waals surface area contributed by atoms with Gasteiger partial charge in [-0.3, -0.25) is 0 Å². The van der Waals surface area contributed by atoms with Gasteiger partial charge in [0, 0.05) is 50.2 Å². The molecule has 0 saturated heterocycles. The van der Waals surface area contributed by atoms with Gasteiger partial charge < -0.3 is 0 Å². The van der Waals surface area contributed by atoms with Gasteiger partial charge >= 0.3 is 0 Å². The normalized spacial score (nSPS) is 3.60. The standard InChI is InChI=1S/Bi.I2O.I/c;1-3-2;. The van der Waals surface area contributed by atoms with Crippen LogP contribution in [0.2, 0.25) is 0 Å². The first kappa shape index (κ1) is 15.7. The van der Waals surface area contributed by atoms with Crippen molar-refractivity contribution in [1.29, 1.82) is 0 Å². The molecule has 0 fully saturated rings. The average molecular weight is 606 g/mol. The second-order valence-corrected chi connectivity index (χ2v) is 2.62. The van der Waals surface area contributed by atoms with Crippen molar-refractivity contribution in [3.8, 4) is 0 Å². The zero-order valence-electron chi connectivity index (χ0n) is 1.99. The molecule has 0 saturated carbocycles. The van der Waals surface area contributed by atoms with Crippen LogP contribution in [0.4, 0.5) is 0 Å². The fourth-order valence-corrected chi connectivity index (χ4v) is 0. The predicted molar refractivity (Wildman–Crippen MR) is 48.9 cm³/mol. The summed E-state index contributed by atoms with van der Waals surface area (Å²) in [6.45, 7) is 0. The van der Waals surface area contributed by atoms with Gasteiger partial charge in [0.2, 0.25) is 0 Å². The van der Waals surface area contributed by atoms with Crippen LogP contribution in [0.1, 0.15) is 0 Å². The van der Waals surface area contributed by atoms with Crippen LogP contribution in [-0.4, -0.2) is 26.2 Å². The van der Waals surface area contributed by atoms with Gasteiger partial charge in [-0.05, 0) is 0 Å². The number of hydrogen-bond donors (Lipinski definition) is 0. The molecule has 0 unspecified atom stereocenters.